The number of anilines is 1. The first-order chi connectivity index (χ1) is 16.1. The van der Waals surface area contributed by atoms with Crippen LogP contribution in [0, 0.1) is 11.8 Å². The Morgan fingerprint density at radius 2 is 2.03 bits per heavy atom. The lowest BCUT2D eigenvalue weighted by Crippen LogP contribution is -2.76. The van der Waals surface area contributed by atoms with Crippen molar-refractivity contribution >= 4 is 23.3 Å². The molecule has 0 radical (unpaired) electrons. The van der Waals surface area contributed by atoms with Gasteiger partial charge in [0.25, 0.3) is 12.2 Å². The summed E-state index contributed by atoms with van der Waals surface area (Å²) >= 11 is 0. The number of hydrogen-bond donors (Lipinski definition) is 1. The van der Waals surface area contributed by atoms with Crippen molar-refractivity contribution < 1.29 is 38.4 Å². The summed E-state index contributed by atoms with van der Waals surface area (Å²) in [6.45, 7) is 3.92. The molecule has 1 saturated carbocycles. The van der Waals surface area contributed by atoms with E-state index in [2.05, 4.69) is 4.90 Å². The molecule has 10 heteroatoms. The highest BCUT2D eigenvalue weighted by atomic mass is 16.7. The molecule has 1 aliphatic carbocycles. The van der Waals surface area contributed by atoms with E-state index >= 15 is 0 Å². The molecule has 1 aromatic carbocycles. The first kappa shape index (κ1) is 22.0. The zero-order valence-corrected chi connectivity index (χ0v) is 19.6. The van der Waals surface area contributed by atoms with E-state index in [1.165, 1.54) is 25.9 Å². The van der Waals surface area contributed by atoms with Crippen LogP contribution < -0.4 is 9.64 Å². The summed E-state index contributed by atoms with van der Waals surface area (Å²) in [5.74, 6) is -4.23. The number of benzene rings is 1. The molecule has 182 valence electrons. The minimum absolute atomic E-state index is 0.270. The number of aliphatic hydroxyl groups is 1. The number of ketones is 1. The van der Waals surface area contributed by atoms with Gasteiger partial charge in [0.05, 0.1) is 11.6 Å². The minimum Gasteiger partial charge on any atom is -0.453 e. The third kappa shape index (κ3) is 2.32. The van der Waals surface area contributed by atoms with E-state index in [0.29, 0.717) is 36.5 Å². The van der Waals surface area contributed by atoms with E-state index < -0.39 is 53.0 Å². The number of nitrogens with zero attached hydrogens (tertiary/aromatic N) is 2. The van der Waals surface area contributed by atoms with E-state index in [-0.39, 0.29) is 12.2 Å². The van der Waals surface area contributed by atoms with Gasteiger partial charge >= 0.3 is 5.97 Å². The highest BCUT2D eigenvalue weighted by Crippen LogP contribution is 2.69. The Labute approximate surface area is 196 Å². The lowest BCUT2D eigenvalue weighted by atomic mass is 9.55. The Morgan fingerprint density at radius 3 is 2.74 bits per heavy atom. The maximum absolute atomic E-state index is 14.6. The Morgan fingerprint density at radius 1 is 1.26 bits per heavy atom. The quantitative estimate of drug-likeness (QED) is 0.616. The van der Waals surface area contributed by atoms with Gasteiger partial charge in [-0.05, 0) is 51.5 Å². The topological polar surface area (TPSA) is 115 Å². The SMILES string of the molecule is CO[C@H]1Oc2cccc3c2N(C1=O)[C@]1(OC(C)=O)[C@@H]2O[C@@](C)(O)[C@@H]4C(=O)[C@]31CCN(C)CC[C@H]24. The van der Waals surface area contributed by atoms with E-state index in [9.17, 15) is 19.5 Å². The molecular weight excluding hydrogens is 444 g/mol. The predicted octanol–water partition coefficient (Wildman–Crippen LogP) is 0.543. The van der Waals surface area contributed by atoms with Crippen LogP contribution in [0.5, 0.6) is 5.75 Å². The van der Waals surface area contributed by atoms with Gasteiger partial charge in [-0.15, -0.1) is 0 Å². The van der Waals surface area contributed by atoms with Crippen LogP contribution in [0.25, 0.3) is 0 Å². The summed E-state index contributed by atoms with van der Waals surface area (Å²) in [4.78, 5) is 44.7. The summed E-state index contributed by atoms with van der Waals surface area (Å²) in [6.07, 6.45) is -1.41. The average Bonchev–Trinajstić information content (AvgIpc) is 3.20. The zero-order chi connectivity index (χ0) is 24.2. The second kappa shape index (κ2) is 6.78. The molecule has 7 atom stereocenters. The summed E-state index contributed by atoms with van der Waals surface area (Å²) in [5.41, 5.74) is -2.33. The molecule has 5 aliphatic rings. The van der Waals surface area contributed by atoms with E-state index in [0.717, 1.165) is 0 Å². The van der Waals surface area contributed by atoms with E-state index in [4.69, 9.17) is 18.9 Å². The first-order valence-corrected chi connectivity index (χ1v) is 11.6. The summed E-state index contributed by atoms with van der Waals surface area (Å²) in [7, 11) is 3.32. The molecule has 1 N–H and O–H groups in total. The molecule has 4 aliphatic heterocycles. The van der Waals surface area contributed by atoms with Crippen LogP contribution in [0.15, 0.2) is 18.2 Å². The first-order valence-electron chi connectivity index (χ1n) is 11.6. The highest BCUT2D eigenvalue weighted by molar-refractivity contribution is 6.11. The number of fused-ring (bicyclic) bond motifs is 2. The maximum atomic E-state index is 14.6. The van der Waals surface area contributed by atoms with Gasteiger partial charge in [-0.1, -0.05) is 12.1 Å². The van der Waals surface area contributed by atoms with Gasteiger partial charge in [-0.3, -0.25) is 19.3 Å². The lowest BCUT2D eigenvalue weighted by molar-refractivity contribution is -0.233. The van der Waals surface area contributed by atoms with Crippen molar-refractivity contribution in [2.75, 3.05) is 32.1 Å². The number of hydrogen-bond acceptors (Lipinski definition) is 9. The number of methoxy groups -OCH3 is 1. The van der Waals surface area contributed by atoms with Gasteiger partial charge in [0.15, 0.2) is 11.6 Å². The van der Waals surface area contributed by atoms with Crippen molar-refractivity contribution in [2.45, 2.75) is 56.0 Å². The van der Waals surface area contributed by atoms with Crippen LogP contribution in [0.3, 0.4) is 0 Å². The van der Waals surface area contributed by atoms with Gasteiger partial charge < -0.3 is 29.0 Å². The highest BCUT2D eigenvalue weighted by Gasteiger charge is 2.83. The molecule has 2 saturated heterocycles. The maximum Gasteiger partial charge on any atom is 0.304 e. The van der Waals surface area contributed by atoms with Crippen molar-refractivity contribution in [1.29, 1.82) is 0 Å². The number of carbonyl (C=O) groups excluding carboxylic acids is 3. The van der Waals surface area contributed by atoms with Crippen molar-refractivity contribution in [3.8, 4) is 5.75 Å². The lowest BCUT2D eigenvalue weighted by Gasteiger charge is -2.54. The predicted molar refractivity (Wildman–Crippen MR) is 116 cm³/mol. The molecule has 10 nitrogen and oxygen atoms in total. The molecule has 1 amide bonds. The van der Waals surface area contributed by atoms with Crippen LogP contribution in [0.1, 0.15) is 32.3 Å². The zero-order valence-electron chi connectivity index (χ0n) is 19.6. The number of ether oxygens (including phenoxy) is 4. The molecule has 1 spiro atoms. The Bertz CT molecular complexity index is 1120. The summed E-state index contributed by atoms with van der Waals surface area (Å²) in [6, 6.07) is 5.24. The fourth-order valence-corrected chi connectivity index (χ4v) is 7.18. The average molecular weight is 472 g/mol. The van der Waals surface area contributed by atoms with Crippen LogP contribution >= 0.6 is 0 Å². The van der Waals surface area contributed by atoms with Crippen LogP contribution in [0.4, 0.5) is 5.69 Å². The number of para-hydroxylation sites is 1. The van der Waals surface area contributed by atoms with Gasteiger partial charge in [0.2, 0.25) is 5.72 Å². The van der Waals surface area contributed by atoms with Gasteiger partial charge in [-0.25, -0.2) is 0 Å². The van der Waals surface area contributed by atoms with E-state index in [1.54, 1.807) is 18.2 Å². The number of Topliss-reactive ketones (excluding diaryl/α,β-unsaturated/α-hetero) is 1. The summed E-state index contributed by atoms with van der Waals surface area (Å²) in [5, 5.41) is 11.3. The number of esters is 1. The molecule has 4 bridgehead atoms. The van der Waals surface area contributed by atoms with Gasteiger partial charge in [0, 0.05) is 20.0 Å². The molecule has 0 unspecified atom stereocenters. The van der Waals surface area contributed by atoms with E-state index in [1.807, 2.05) is 7.05 Å². The van der Waals surface area contributed by atoms with Crippen molar-refractivity contribution in [2.24, 2.45) is 11.8 Å². The standard InChI is InChI=1S/C24H28N2O8/c1-12(27)33-24-19-13-8-10-25(3)11-9-23(24,18(28)16(13)22(2,30)34-19)14-6-5-7-15-17(14)26(24)20(29)21(31-4)32-15/h5-7,13,16,19,21,30H,8-11H2,1-4H3/t13-,16-,19+,21-,22+,23-,24-/m0/s1. The molecule has 1 aromatic rings. The van der Waals surface area contributed by atoms with Crippen LogP contribution in [-0.2, 0) is 34.0 Å². The number of rotatable bonds is 2. The summed E-state index contributed by atoms with van der Waals surface area (Å²) < 4.78 is 23.6. The van der Waals surface area contributed by atoms with Crippen molar-refractivity contribution in [1.82, 2.24) is 4.90 Å². The number of carbonyl (C=O) groups is 3. The molecule has 4 heterocycles. The largest absolute Gasteiger partial charge is 0.453 e. The molecule has 0 aromatic heterocycles. The van der Waals surface area contributed by atoms with Crippen molar-refractivity contribution in [3.63, 3.8) is 0 Å². The smallest absolute Gasteiger partial charge is 0.304 e. The Kier molecular flexibility index (Phi) is 4.38. The Hall–Kier alpha value is -2.53. The monoisotopic (exact) mass is 472 g/mol. The third-order valence-electron chi connectivity index (χ3n) is 8.36. The molecule has 34 heavy (non-hydrogen) atoms. The van der Waals surface area contributed by atoms with Gasteiger partial charge in [-0.2, -0.15) is 0 Å². The molecular formula is C24H28N2O8. The normalized spacial score (nSPS) is 42.4. The molecule has 6 rings (SSSR count). The van der Waals surface area contributed by atoms with Gasteiger partial charge in [0.1, 0.15) is 17.3 Å². The fraction of sp³-hybridized carbons (Fsp3) is 0.625. The molecule has 3 fully saturated rings. The van der Waals surface area contributed by atoms with Crippen LogP contribution in [0.2, 0.25) is 0 Å². The number of amides is 1. The second-order valence-corrected chi connectivity index (χ2v) is 10.1. The minimum atomic E-state index is -1.82. The van der Waals surface area contributed by atoms with Crippen molar-refractivity contribution in [3.05, 3.63) is 23.8 Å². The Balaban J connectivity index is 1.74. The second-order valence-electron chi connectivity index (χ2n) is 10.1. The third-order valence-corrected chi connectivity index (χ3v) is 8.36. The fourth-order valence-electron chi connectivity index (χ4n) is 7.18. The van der Waals surface area contributed by atoms with Crippen LogP contribution in [-0.4, -0.2) is 78.8 Å².